The maximum Gasteiger partial charge on any atom is 0.245 e. The molecule has 0 aliphatic carbocycles. The van der Waals surface area contributed by atoms with Crippen LogP contribution in [0.3, 0.4) is 0 Å². The van der Waals surface area contributed by atoms with Gasteiger partial charge in [0, 0.05) is 24.9 Å². The average Bonchev–Trinajstić information content (AvgIpc) is 2.60. The van der Waals surface area contributed by atoms with Crippen molar-refractivity contribution in [1.29, 1.82) is 0 Å². The highest BCUT2D eigenvalue weighted by atomic mass is 16.5. The average molecular weight is 167 g/mol. The van der Waals surface area contributed by atoms with Crippen LogP contribution in [0.15, 0.2) is 12.7 Å². The molecule has 0 unspecified atom stereocenters. The lowest BCUT2D eigenvalue weighted by Gasteiger charge is -2.14. The van der Waals surface area contributed by atoms with Gasteiger partial charge in [-0.05, 0) is 6.08 Å². The second-order valence-electron chi connectivity index (χ2n) is 3.50. The zero-order valence-corrected chi connectivity index (χ0v) is 7.03. The number of carbonyl (C=O) groups is 1. The molecular weight excluding hydrogens is 154 g/mol. The summed E-state index contributed by atoms with van der Waals surface area (Å²) < 4.78 is 5.31. The molecule has 2 saturated heterocycles. The van der Waals surface area contributed by atoms with Crippen molar-refractivity contribution in [2.45, 2.75) is 0 Å². The highest BCUT2D eigenvalue weighted by Crippen LogP contribution is 2.28. The summed E-state index contributed by atoms with van der Waals surface area (Å²) in [4.78, 5) is 13.1. The van der Waals surface area contributed by atoms with E-state index in [9.17, 15) is 4.79 Å². The van der Waals surface area contributed by atoms with Crippen LogP contribution in [0.5, 0.6) is 0 Å². The van der Waals surface area contributed by atoms with Crippen molar-refractivity contribution in [2.24, 2.45) is 11.8 Å². The summed E-state index contributed by atoms with van der Waals surface area (Å²) in [5, 5.41) is 0. The molecule has 2 fully saturated rings. The summed E-state index contributed by atoms with van der Waals surface area (Å²) in [6.45, 7) is 6.84. The first kappa shape index (κ1) is 7.80. The molecule has 66 valence electrons. The number of ether oxygens (including phenoxy) is 1. The molecule has 12 heavy (non-hydrogen) atoms. The highest BCUT2D eigenvalue weighted by molar-refractivity contribution is 5.87. The lowest BCUT2D eigenvalue weighted by atomic mass is 10.0. The van der Waals surface area contributed by atoms with E-state index in [0.717, 1.165) is 26.3 Å². The van der Waals surface area contributed by atoms with E-state index >= 15 is 0 Å². The molecule has 1 amide bonds. The summed E-state index contributed by atoms with van der Waals surface area (Å²) in [7, 11) is 0. The molecule has 0 spiro atoms. The minimum atomic E-state index is 0.0596. The van der Waals surface area contributed by atoms with Gasteiger partial charge in [0.05, 0.1) is 13.2 Å². The molecule has 0 bridgehead atoms. The highest BCUT2D eigenvalue weighted by Gasteiger charge is 2.38. The number of amides is 1. The molecule has 2 heterocycles. The third kappa shape index (κ3) is 1.14. The third-order valence-electron chi connectivity index (χ3n) is 2.73. The Bertz CT molecular complexity index is 203. The van der Waals surface area contributed by atoms with Crippen LogP contribution in [-0.4, -0.2) is 37.1 Å². The molecule has 3 heteroatoms. The molecule has 0 saturated carbocycles. The van der Waals surface area contributed by atoms with Crippen LogP contribution in [0.25, 0.3) is 0 Å². The number of likely N-dealkylation sites (tertiary alicyclic amines) is 1. The SMILES string of the molecule is C=CC(=O)N1C[C@H]2COC[C@H]2C1. The first-order valence-corrected chi connectivity index (χ1v) is 4.30. The molecule has 2 rings (SSSR count). The molecular formula is C9H13NO2. The molecule has 0 aromatic heterocycles. The van der Waals surface area contributed by atoms with Crippen LogP contribution in [0.2, 0.25) is 0 Å². The van der Waals surface area contributed by atoms with Gasteiger partial charge in [0.15, 0.2) is 0 Å². The van der Waals surface area contributed by atoms with Gasteiger partial charge in [0.25, 0.3) is 0 Å². The second kappa shape index (κ2) is 2.90. The van der Waals surface area contributed by atoms with E-state index in [4.69, 9.17) is 4.74 Å². The van der Waals surface area contributed by atoms with Gasteiger partial charge >= 0.3 is 0 Å². The Labute approximate surface area is 72.0 Å². The maximum absolute atomic E-state index is 11.2. The van der Waals surface area contributed by atoms with Crippen LogP contribution in [0.1, 0.15) is 0 Å². The van der Waals surface area contributed by atoms with Crippen LogP contribution < -0.4 is 0 Å². The number of rotatable bonds is 1. The smallest absolute Gasteiger partial charge is 0.245 e. The van der Waals surface area contributed by atoms with Crippen LogP contribution in [0, 0.1) is 11.8 Å². The van der Waals surface area contributed by atoms with Gasteiger partial charge < -0.3 is 9.64 Å². The molecule has 2 aliphatic heterocycles. The molecule has 3 nitrogen and oxygen atoms in total. The minimum Gasteiger partial charge on any atom is -0.381 e. The van der Waals surface area contributed by atoms with Gasteiger partial charge in [0.1, 0.15) is 0 Å². The van der Waals surface area contributed by atoms with Crippen molar-refractivity contribution < 1.29 is 9.53 Å². The fourth-order valence-corrected chi connectivity index (χ4v) is 2.00. The van der Waals surface area contributed by atoms with E-state index < -0.39 is 0 Å². The van der Waals surface area contributed by atoms with Crippen molar-refractivity contribution in [3.8, 4) is 0 Å². The molecule has 2 atom stereocenters. The fraction of sp³-hybridized carbons (Fsp3) is 0.667. The van der Waals surface area contributed by atoms with E-state index in [2.05, 4.69) is 6.58 Å². The maximum atomic E-state index is 11.2. The van der Waals surface area contributed by atoms with Gasteiger partial charge in [-0.1, -0.05) is 6.58 Å². The normalized spacial score (nSPS) is 33.5. The molecule has 2 aliphatic rings. The lowest BCUT2D eigenvalue weighted by Crippen LogP contribution is -2.28. The number of fused-ring (bicyclic) bond motifs is 1. The predicted octanol–water partition coefficient (Wildman–Crippen LogP) is 0.277. The number of nitrogens with zero attached hydrogens (tertiary/aromatic N) is 1. The molecule has 0 N–H and O–H groups in total. The summed E-state index contributed by atoms with van der Waals surface area (Å²) in [6, 6.07) is 0. The van der Waals surface area contributed by atoms with Crippen molar-refractivity contribution in [1.82, 2.24) is 4.90 Å². The largest absolute Gasteiger partial charge is 0.381 e. The van der Waals surface area contributed by atoms with E-state index in [1.165, 1.54) is 6.08 Å². The zero-order valence-electron chi connectivity index (χ0n) is 7.03. The Hall–Kier alpha value is -0.830. The number of hydrogen-bond donors (Lipinski definition) is 0. The quantitative estimate of drug-likeness (QED) is 0.525. The molecule has 0 aromatic carbocycles. The topological polar surface area (TPSA) is 29.5 Å². The van der Waals surface area contributed by atoms with E-state index in [-0.39, 0.29) is 5.91 Å². The fourth-order valence-electron chi connectivity index (χ4n) is 2.00. The summed E-state index contributed by atoms with van der Waals surface area (Å²) in [5.74, 6) is 1.21. The standard InChI is InChI=1S/C9H13NO2/c1-2-9(11)10-3-7-5-12-6-8(7)4-10/h2,7-8H,1,3-6H2/t7-,8+. The first-order valence-electron chi connectivity index (χ1n) is 4.30. The van der Waals surface area contributed by atoms with Gasteiger partial charge in [0.2, 0.25) is 5.91 Å². The monoisotopic (exact) mass is 167 g/mol. The summed E-state index contributed by atoms with van der Waals surface area (Å²) in [6.07, 6.45) is 1.39. The van der Waals surface area contributed by atoms with E-state index in [0.29, 0.717) is 11.8 Å². The van der Waals surface area contributed by atoms with Crippen molar-refractivity contribution in [2.75, 3.05) is 26.3 Å². The Morgan fingerprint density at radius 1 is 1.42 bits per heavy atom. The minimum absolute atomic E-state index is 0.0596. The van der Waals surface area contributed by atoms with E-state index in [1.54, 1.807) is 0 Å². The predicted molar refractivity (Wildman–Crippen MR) is 44.6 cm³/mol. The van der Waals surface area contributed by atoms with Gasteiger partial charge in [-0.3, -0.25) is 4.79 Å². The zero-order chi connectivity index (χ0) is 8.55. The van der Waals surface area contributed by atoms with E-state index in [1.807, 2.05) is 4.90 Å². The first-order chi connectivity index (χ1) is 5.81. The molecule has 0 aromatic rings. The summed E-state index contributed by atoms with van der Waals surface area (Å²) >= 11 is 0. The van der Waals surface area contributed by atoms with Crippen molar-refractivity contribution >= 4 is 5.91 Å². The second-order valence-corrected chi connectivity index (χ2v) is 3.50. The molecule has 0 radical (unpaired) electrons. The van der Waals surface area contributed by atoms with Crippen molar-refractivity contribution in [3.63, 3.8) is 0 Å². The summed E-state index contributed by atoms with van der Waals surface area (Å²) in [5.41, 5.74) is 0. The van der Waals surface area contributed by atoms with Crippen LogP contribution >= 0.6 is 0 Å². The van der Waals surface area contributed by atoms with Crippen LogP contribution in [-0.2, 0) is 9.53 Å². The number of hydrogen-bond acceptors (Lipinski definition) is 2. The van der Waals surface area contributed by atoms with Crippen LogP contribution in [0.4, 0.5) is 0 Å². The van der Waals surface area contributed by atoms with Gasteiger partial charge in [-0.25, -0.2) is 0 Å². The van der Waals surface area contributed by atoms with Gasteiger partial charge in [-0.15, -0.1) is 0 Å². The van der Waals surface area contributed by atoms with Gasteiger partial charge in [-0.2, -0.15) is 0 Å². The Morgan fingerprint density at radius 3 is 2.50 bits per heavy atom. The Balaban J connectivity index is 1.98. The third-order valence-corrected chi connectivity index (χ3v) is 2.73. The number of carbonyl (C=O) groups excluding carboxylic acids is 1. The Kier molecular flexibility index (Phi) is 1.89. The van der Waals surface area contributed by atoms with Crippen molar-refractivity contribution in [3.05, 3.63) is 12.7 Å². The Morgan fingerprint density at radius 2 is 2.00 bits per heavy atom. The lowest BCUT2D eigenvalue weighted by molar-refractivity contribution is -0.125.